The van der Waals surface area contributed by atoms with E-state index in [0.29, 0.717) is 25.4 Å². The Morgan fingerprint density at radius 1 is 0.977 bits per heavy atom. The lowest BCUT2D eigenvalue weighted by atomic mass is 9.75. The van der Waals surface area contributed by atoms with Gasteiger partial charge in [0.2, 0.25) is 0 Å². The Morgan fingerprint density at radius 2 is 1.52 bits per heavy atom. The molecular weight excluding hydrogens is 570 g/mol. The maximum absolute atomic E-state index is 13.2. The molecule has 1 aliphatic heterocycles. The van der Waals surface area contributed by atoms with E-state index in [4.69, 9.17) is 9.73 Å². The Morgan fingerprint density at radius 3 is 2.00 bits per heavy atom. The fourth-order valence-electron chi connectivity index (χ4n) is 5.75. The summed E-state index contributed by atoms with van der Waals surface area (Å²) in [6.45, 7) is 5.12. The number of carbonyl (C=O) groups is 2. The van der Waals surface area contributed by atoms with Crippen LogP contribution in [0.2, 0.25) is 0 Å². The minimum absolute atomic E-state index is 0.254. The van der Waals surface area contributed by atoms with Crippen molar-refractivity contribution in [1.29, 1.82) is 0 Å². The van der Waals surface area contributed by atoms with E-state index in [2.05, 4.69) is 102 Å². The predicted octanol–water partition coefficient (Wildman–Crippen LogP) is 6.04. The Bertz CT molecular complexity index is 1460. The highest BCUT2D eigenvalue weighted by Gasteiger charge is 2.44. The summed E-state index contributed by atoms with van der Waals surface area (Å²) in [5.74, 6) is -0.173. The van der Waals surface area contributed by atoms with E-state index in [0.717, 1.165) is 26.6 Å². The van der Waals surface area contributed by atoms with Crippen molar-refractivity contribution in [3.63, 3.8) is 0 Å². The molecule has 1 aliphatic rings. The standard InChI is InChI=1S/C35H39N5O3S/c1-25(2)32-36-21-30(44-32)23-39(3)34(42)38-31(33(41)43-4)20-29-22-40(24-37-29)35(26-14-8-5-9-15-26,27-16-10-6-11-17-27)28-18-12-7-13-19-28/h5-19,21,24-25,29,31H,20,22-23H2,1-4H3,(H,38,42)/t29?,31-/m0/s1. The van der Waals surface area contributed by atoms with Gasteiger partial charge in [0, 0.05) is 37.0 Å². The Kier molecular flexibility index (Phi) is 9.75. The number of hydrogen-bond acceptors (Lipinski definition) is 7. The molecule has 0 saturated carbocycles. The van der Waals surface area contributed by atoms with Gasteiger partial charge in [-0.25, -0.2) is 14.6 Å². The summed E-state index contributed by atoms with van der Waals surface area (Å²) in [7, 11) is 3.05. The SMILES string of the molecule is COC(=O)[C@H](CC1CN(C(c2ccccc2)(c2ccccc2)c2ccccc2)C=N1)NC(=O)N(C)Cc1cnc(C(C)C)s1. The van der Waals surface area contributed by atoms with Crippen molar-refractivity contribution in [2.24, 2.45) is 4.99 Å². The van der Waals surface area contributed by atoms with Gasteiger partial charge in [-0.1, -0.05) is 105 Å². The van der Waals surface area contributed by atoms with Gasteiger partial charge >= 0.3 is 12.0 Å². The number of urea groups is 1. The number of aromatic nitrogens is 1. The lowest BCUT2D eigenvalue weighted by Crippen LogP contribution is -2.50. The minimum Gasteiger partial charge on any atom is -0.467 e. The molecule has 0 spiro atoms. The summed E-state index contributed by atoms with van der Waals surface area (Å²) >= 11 is 1.59. The van der Waals surface area contributed by atoms with Crippen molar-refractivity contribution in [3.8, 4) is 0 Å². The van der Waals surface area contributed by atoms with Crippen LogP contribution in [0.1, 0.15) is 52.8 Å². The van der Waals surface area contributed by atoms with Crippen LogP contribution >= 0.6 is 11.3 Å². The first-order chi connectivity index (χ1) is 21.3. The second kappa shape index (κ2) is 13.9. The molecule has 2 amide bonds. The quantitative estimate of drug-likeness (QED) is 0.165. The average molecular weight is 610 g/mol. The first-order valence-electron chi connectivity index (χ1n) is 14.8. The zero-order valence-electron chi connectivity index (χ0n) is 25.6. The van der Waals surface area contributed by atoms with Gasteiger partial charge in [-0.2, -0.15) is 0 Å². The smallest absolute Gasteiger partial charge is 0.328 e. The Balaban J connectivity index is 1.38. The number of nitrogens with zero attached hydrogens (tertiary/aromatic N) is 4. The van der Waals surface area contributed by atoms with E-state index in [1.165, 1.54) is 7.11 Å². The Hall–Kier alpha value is -4.50. The van der Waals surface area contributed by atoms with E-state index < -0.39 is 17.6 Å². The van der Waals surface area contributed by atoms with E-state index >= 15 is 0 Å². The number of aliphatic imine (C=N–C) groups is 1. The summed E-state index contributed by atoms with van der Waals surface area (Å²) in [5, 5.41) is 3.93. The number of carbonyl (C=O) groups excluding carboxylic acids is 2. The molecule has 0 radical (unpaired) electrons. The molecular formula is C35H39N5O3S. The second-order valence-corrected chi connectivity index (χ2v) is 12.5. The van der Waals surface area contributed by atoms with Crippen LogP contribution in [0.4, 0.5) is 4.79 Å². The van der Waals surface area contributed by atoms with Crippen molar-refractivity contribution < 1.29 is 14.3 Å². The summed E-state index contributed by atoms with van der Waals surface area (Å²) in [6.07, 6.45) is 3.99. The van der Waals surface area contributed by atoms with E-state index in [1.807, 2.05) is 30.7 Å². The minimum atomic E-state index is -0.857. The molecule has 1 aromatic heterocycles. The second-order valence-electron chi connectivity index (χ2n) is 11.3. The first kappa shape index (κ1) is 30.9. The fourth-order valence-corrected chi connectivity index (χ4v) is 6.72. The summed E-state index contributed by atoms with van der Waals surface area (Å²) in [5.41, 5.74) is 2.66. The van der Waals surface area contributed by atoms with Gasteiger partial charge in [-0.3, -0.25) is 4.99 Å². The third-order valence-electron chi connectivity index (χ3n) is 7.93. The van der Waals surface area contributed by atoms with Crippen LogP contribution in [-0.2, 0) is 21.6 Å². The lowest BCUT2D eigenvalue weighted by Gasteiger charge is -2.43. The highest BCUT2D eigenvalue weighted by molar-refractivity contribution is 7.11. The number of hydrogen-bond donors (Lipinski definition) is 1. The molecule has 0 saturated heterocycles. The average Bonchev–Trinajstić information content (AvgIpc) is 3.73. The topological polar surface area (TPSA) is 87.1 Å². The van der Waals surface area contributed by atoms with Crippen LogP contribution in [0.15, 0.2) is 102 Å². The maximum Gasteiger partial charge on any atom is 0.328 e. The zero-order chi connectivity index (χ0) is 31.1. The molecule has 2 atom stereocenters. The number of rotatable bonds is 11. The molecule has 0 aliphatic carbocycles. The number of amides is 2. The number of esters is 1. The van der Waals surface area contributed by atoms with Gasteiger partial charge in [0.1, 0.15) is 11.6 Å². The molecule has 2 heterocycles. The molecule has 1 N–H and O–H groups in total. The molecule has 0 bridgehead atoms. The first-order valence-corrected chi connectivity index (χ1v) is 15.6. The van der Waals surface area contributed by atoms with Gasteiger partial charge in [0.25, 0.3) is 0 Å². The number of thiazole rings is 1. The van der Waals surface area contributed by atoms with E-state index in [9.17, 15) is 9.59 Å². The molecule has 9 heteroatoms. The van der Waals surface area contributed by atoms with Crippen LogP contribution in [0.5, 0.6) is 0 Å². The van der Waals surface area contributed by atoms with Gasteiger partial charge in [-0.15, -0.1) is 11.3 Å². The summed E-state index contributed by atoms with van der Waals surface area (Å²) in [6, 6.07) is 29.7. The highest BCUT2D eigenvalue weighted by Crippen LogP contribution is 2.43. The van der Waals surface area contributed by atoms with E-state index in [-0.39, 0.29) is 12.1 Å². The monoisotopic (exact) mass is 609 g/mol. The van der Waals surface area contributed by atoms with Gasteiger partial charge in [0.15, 0.2) is 0 Å². The van der Waals surface area contributed by atoms with Crippen LogP contribution in [0.3, 0.4) is 0 Å². The molecule has 0 fully saturated rings. The van der Waals surface area contributed by atoms with Crippen LogP contribution in [-0.4, -0.2) is 65.9 Å². The molecule has 5 rings (SSSR count). The third-order valence-corrected chi connectivity index (χ3v) is 9.21. The molecule has 8 nitrogen and oxygen atoms in total. The fraction of sp³-hybridized carbons (Fsp3) is 0.314. The van der Waals surface area contributed by atoms with Gasteiger partial charge in [0.05, 0.1) is 31.0 Å². The zero-order valence-corrected chi connectivity index (χ0v) is 26.4. The van der Waals surface area contributed by atoms with Crippen molar-refractivity contribution in [1.82, 2.24) is 20.1 Å². The number of methoxy groups -OCH3 is 1. The van der Waals surface area contributed by atoms with Crippen LogP contribution < -0.4 is 5.32 Å². The maximum atomic E-state index is 13.2. The normalized spacial score (nSPS) is 15.3. The number of benzene rings is 3. The van der Waals surface area contributed by atoms with Crippen LogP contribution in [0, 0.1) is 0 Å². The highest BCUT2D eigenvalue weighted by atomic mass is 32.1. The molecule has 228 valence electrons. The van der Waals surface area contributed by atoms with Crippen LogP contribution in [0.25, 0.3) is 0 Å². The lowest BCUT2D eigenvalue weighted by molar-refractivity contribution is -0.143. The molecule has 1 unspecified atom stereocenters. The molecule has 3 aromatic carbocycles. The predicted molar refractivity (Wildman–Crippen MR) is 175 cm³/mol. The third kappa shape index (κ3) is 6.53. The van der Waals surface area contributed by atoms with Gasteiger partial charge < -0.3 is 19.9 Å². The van der Waals surface area contributed by atoms with Crippen molar-refractivity contribution >= 4 is 29.7 Å². The Labute approximate surface area is 263 Å². The summed E-state index contributed by atoms with van der Waals surface area (Å²) < 4.78 is 5.11. The van der Waals surface area contributed by atoms with Crippen molar-refractivity contribution in [2.75, 3.05) is 20.7 Å². The molecule has 44 heavy (non-hydrogen) atoms. The largest absolute Gasteiger partial charge is 0.467 e. The van der Waals surface area contributed by atoms with E-state index in [1.54, 1.807) is 23.3 Å². The van der Waals surface area contributed by atoms with Crippen molar-refractivity contribution in [2.45, 2.75) is 50.4 Å². The molecule has 4 aromatic rings. The summed E-state index contributed by atoms with van der Waals surface area (Å²) in [4.78, 5) is 40.2. The number of ether oxygens (including phenoxy) is 1. The van der Waals surface area contributed by atoms with Gasteiger partial charge in [-0.05, 0) is 16.7 Å². The van der Waals surface area contributed by atoms with Crippen molar-refractivity contribution in [3.05, 3.63) is 124 Å². The number of nitrogens with one attached hydrogen (secondary N) is 1.